The summed E-state index contributed by atoms with van der Waals surface area (Å²) in [6, 6.07) is 6.17. The zero-order chi connectivity index (χ0) is 13.1. The van der Waals surface area contributed by atoms with E-state index in [9.17, 15) is 4.79 Å². The maximum atomic E-state index is 12.2. The monoisotopic (exact) mass is 260 g/mol. The van der Waals surface area contributed by atoms with Crippen molar-refractivity contribution in [2.75, 3.05) is 25.1 Å². The number of carbonyl (C=O) groups excluding carboxylic acids is 1. The Labute approximate surface area is 113 Å². The molecule has 19 heavy (non-hydrogen) atoms. The number of ether oxygens (including phenoxy) is 1. The second-order valence-corrected chi connectivity index (χ2v) is 5.27. The Kier molecular flexibility index (Phi) is 3.80. The number of benzene rings is 1. The second kappa shape index (κ2) is 5.72. The second-order valence-electron chi connectivity index (χ2n) is 5.27. The fraction of sp³-hybridized carbons (Fsp3) is 0.533. The van der Waals surface area contributed by atoms with Gasteiger partial charge in [-0.25, -0.2) is 0 Å². The van der Waals surface area contributed by atoms with E-state index >= 15 is 0 Å². The summed E-state index contributed by atoms with van der Waals surface area (Å²) < 4.78 is 5.38. The van der Waals surface area contributed by atoms with E-state index in [1.807, 2.05) is 12.1 Å². The number of hydrogen-bond donors (Lipinski definition) is 2. The number of amides is 1. The topological polar surface area (TPSA) is 50.4 Å². The van der Waals surface area contributed by atoms with Gasteiger partial charge in [-0.2, -0.15) is 0 Å². The van der Waals surface area contributed by atoms with Crippen LogP contribution in [0.15, 0.2) is 18.2 Å². The average molecular weight is 260 g/mol. The van der Waals surface area contributed by atoms with Crippen LogP contribution in [0.3, 0.4) is 0 Å². The zero-order valence-corrected chi connectivity index (χ0v) is 11.1. The van der Waals surface area contributed by atoms with E-state index in [0.29, 0.717) is 6.61 Å². The van der Waals surface area contributed by atoms with E-state index in [2.05, 4.69) is 16.7 Å². The Morgan fingerprint density at radius 2 is 2.37 bits per heavy atom. The molecular weight excluding hydrogens is 240 g/mol. The molecule has 1 aromatic carbocycles. The van der Waals surface area contributed by atoms with Gasteiger partial charge in [0.05, 0.1) is 12.5 Å². The van der Waals surface area contributed by atoms with E-state index in [-0.39, 0.29) is 11.8 Å². The summed E-state index contributed by atoms with van der Waals surface area (Å²) in [6.45, 7) is 3.20. The third-order valence-electron chi connectivity index (χ3n) is 3.93. The van der Waals surface area contributed by atoms with Gasteiger partial charge in [0.25, 0.3) is 0 Å². The maximum Gasteiger partial charge on any atom is 0.229 e. The van der Waals surface area contributed by atoms with Crippen LogP contribution in [0.4, 0.5) is 5.69 Å². The molecule has 2 aliphatic rings. The molecule has 1 atom stereocenters. The minimum Gasteiger partial charge on any atom is -0.381 e. The van der Waals surface area contributed by atoms with E-state index in [1.54, 1.807) is 0 Å². The van der Waals surface area contributed by atoms with Crippen LogP contribution in [0, 0.1) is 5.92 Å². The van der Waals surface area contributed by atoms with E-state index in [1.165, 1.54) is 11.1 Å². The highest BCUT2D eigenvalue weighted by molar-refractivity contribution is 5.93. The first kappa shape index (κ1) is 12.6. The highest BCUT2D eigenvalue weighted by atomic mass is 16.5. The first-order valence-electron chi connectivity index (χ1n) is 7.04. The molecule has 1 fully saturated rings. The molecule has 0 bridgehead atoms. The van der Waals surface area contributed by atoms with Crippen molar-refractivity contribution in [3.63, 3.8) is 0 Å². The van der Waals surface area contributed by atoms with E-state index in [0.717, 1.165) is 44.6 Å². The molecule has 4 heteroatoms. The highest BCUT2D eigenvalue weighted by Crippen LogP contribution is 2.24. The van der Waals surface area contributed by atoms with Crippen LogP contribution in [-0.2, 0) is 22.5 Å². The van der Waals surface area contributed by atoms with Gasteiger partial charge in [0.15, 0.2) is 0 Å². The van der Waals surface area contributed by atoms with Gasteiger partial charge in [0, 0.05) is 18.8 Å². The number of carbonyl (C=O) groups is 1. The largest absolute Gasteiger partial charge is 0.381 e. The lowest BCUT2D eigenvalue weighted by molar-refractivity contribution is -0.123. The summed E-state index contributed by atoms with van der Waals surface area (Å²) in [5.74, 6) is 0.0971. The fourth-order valence-corrected chi connectivity index (χ4v) is 2.81. The molecule has 1 unspecified atom stereocenters. The molecule has 0 radical (unpaired) electrons. The first-order chi connectivity index (χ1) is 9.34. The van der Waals surface area contributed by atoms with Crippen molar-refractivity contribution in [3.8, 4) is 0 Å². The van der Waals surface area contributed by atoms with E-state index in [4.69, 9.17) is 4.74 Å². The lowest BCUT2D eigenvalue weighted by Gasteiger charge is -2.24. The van der Waals surface area contributed by atoms with Gasteiger partial charge < -0.3 is 15.4 Å². The van der Waals surface area contributed by atoms with Crippen LogP contribution in [0.2, 0.25) is 0 Å². The quantitative estimate of drug-likeness (QED) is 0.851. The molecule has 1 saturated heterocycles. The summed E-state index contributed by atoms with van der Waals surface area (Å²) in [5.41, 5.74) is 3.54. The molecule has 2 aliphatic heterocycles. The molecule has 102 valence electrons. The van der Waals surface area contributed by atoms with Crippen LogP contribution in [0.1, 0.15) is 24.0 Å². The first-order valence-corrected chi connectivity index (χ1v) is 7.04. The van der Waals surface area contributed by atoms with Gasteiger partial charge in [-0.3, -0.25) is 4.79 Å². The standard InChI is InChI=1S/C15H20N2O2/c18-15(12-4-2-8-19-10-12)17-14-5-1-3-11-6-7-16-9-13(11)14/h1,3,5,12,16H,2,4,6-10H2,(H,17,18). The molecule has 0 aromatic heterocycles. The molecule has 4 nitrogen and oxygen atoms in total. The molecule has 1 aromatic rings. The molecule has 2 heterocycles. The summed E-state index contributed by atoms with van der Waals surface area (Å²) in [7, 11) is 0. The van der Waals surface area contributed by atoms with Gasteiger partial charge in [0.1, 0.15) is 0 Å². The Morgan fingerprint density at radius 1 is 1.42 bits per heavy atom. The lowest BCUT2D eigenvalue weighted by atomic mass is 9.98. The summed E-state index contributed by atoms with van der Waals surface area (Å²) in [6.07, 6.45) is 2.94. The van der Waals surface area contributed by atoms with Crippen molar-refractivity contribution >= 4 is 11.6 Å². The minimum atomic E-state index is 0.00107. The third-order valence-corrected chi connectivity index (χ3v) is 3.93. The van der Waals surface area contributed by atoms with Gasteiger partial charge >= 0.3 is 0 Å². The van der Waals surface area contributed by atoms with Crippen LogP contribution in [0.25, 0.3) is 0 Å². The van der Waals surface area contributed by atoms with Crippen molar-refractivity contribution in [2.45, 2.75) is 25.8 Å². The number of rotatable bonds is 2. The summed E-state index contributed by atoms with van der Waals surface area (Å²) in [4.78, 5) is 12.2. The Bertz CT molecular complexity index is 467. The van der Waals surface area contributed by atoms with Crippen LogP contribution >= 0.6 is 0 Å². The van der Waals surface area contributed by atoms with Crippen LogP contribution < -0.4 is 10.6 Å². The minimum absolute atomic E-state index is 0.00107. The Hall–Kier alpha value is -1.39. The Balaban J connectivity index is 1.74. The van der Waals surface area contributed by atoms with Gasteiger partial charge in [0.2, 0.25) is 5.91 Å². The van der Waals surface area contributed by atoms with Gasteiger partial charge in [-0.1, -0.05) is 12.1 Å². The smallest absolute Gasteiger partial charge is 0.229 e. The van der Waals surface area contributed by atoms with E-state index < -0.39 is 0 Å². The number of anilines is 1. The molecule has 0 aliphatic carbocycles. The lowest BCUT2D eigenvalue weighted by Crippen LogP contribution is -2.31. The number of nitrogens with one attached hydrogen (secondary N) is 2. The number of fused-ring (bicyclic) bond motifs is 1. The highest BCUT2D eigenvalue weighted by Gasteiger charge is 2.23. The predicted molar refractivity (Wildman–Crippen MR) is 74.0 cm³/mol. The normalized spacial score (nSPS) is 22.6. The molecule has 0 spiro atoms. The molecule has 2 N–H and O–H groups in total. The molecule has 0 saturated carbocycles. The fourth-order valence-electron chi connectivity index (χ4n) is 2.81. The molecular formula is C15H20N2O2. The average Bonchev–Trinajstić information content (AvgIpc) is 2.48. The van der Waals surface area contributed by atoms with Crippen LogP contribution in [0.5, 0.6) is 0 Å². The van der Waals surface area contributed by atoms with Crippen molar-refractivity contribution in [2.24, 2.45) is 5.92 Å². The van der Waals surface area contributed by atoms with Gasteiger partial charge in [-0.05, 0) is 43.0 Å². The summed E-state index contributed by atoms with van der Waals surface area (Å²) >= 11 is 0. The van der Waals surface area contributed by atoms with Gasteiger partial charge in [-0.15, -0.1) is 0 Å². The number of hydrogen-bond acceptors (Lipinski definition) is 3. The molecule has 3 rings (SSSR count). The van der Waals surface area contributed by atoms with Crippen molar-refractivity contribution < 1.29 is 9.53 Å². The maximum absolute atomic E-state index is 12.2. The SMILES string of the molecule is O=C(Nc1cccc2c1CNCC2)C1CCCOC1. The zero-order valence-electron chi connectivity index (χ0n) is 11.1. The molecule has 1 amide bonds. The summed E-state index contributed by atoms with van der Waals surface area (Å²) in [5, 5.41) is 6.44. The van der Waals surface area contributed by atoms with Crippen LogP contribution in [-0.4, -0.2) is 25.7 Å². The Morgan fingerprint density at radius 3 is 3.21 bits per heavy atom. The van der Waals surface area contributed by atoms with Crippen molar-refractivity contribution in [1.82, 2.24) is 5.32 Å². The predicted octanol–water partition coefficient (Wildman–Crippen LogP) is 1.70. The van der Waals surface area contributed by atoms with Crippen molar-refractivity contribution in [1.29, 1.82) is 0 Å². The van der Waals surface area contributed by atoms with Crippen molar-refractivity contribution in [3.05, 3.63) is 29.3 Å². The third kappa shape index (κ3) is 2.80.